The maximum absolute atomic E-state index is 13.5. The third kappa shape index (κ3) is 2.88. The van der Waals surface area contributed by atoms with Crippen LogP contribution in [0.15, 0.2) is 51.8 Å². The average Bonchev–Trinajstić information content (AvgIpc) is 2.85. The Hall–Kier alpha value is -1.24. The number of halogens is 2. The van der Waals surface area contributed by atoms with Gasteiger partial charge in [0.2, 0.25) is 10.0 Å². The molecule has 0 saturated heterocycles. The first-order valence-electron chi connectivity index (χ1n) is 6.52. The minimum atomic E-state index is -3.74. The lowest BCUT2D eigenvalue weighted by Gasteiger charge is -2.14. The topological polar surface area (TPSA) is 46.2 Å². The molecule has 0 aromatic heterocycles. The van der Waals surface area contributed by atoms with Gasteiger partial charge in [0.25, 0.3) is 0 Å². The van der Waals surface area contributed by atoms with E-state index in [-0.39, 0.29) is 15.4 Å². The van der Waals surface area contributed by atoms with E-state index in [4.69, 9.17) is 0 Å². The van der Waals surface area contributed by atoms with Crippen LogP contribution in [0, 0.1) is 5.82 Å². The van der Waals surface area contributed by atoms with Gasteiger partial charge in [-0.25, -0.2) is 17.5 Å². The summed E-state index contributed by atoms with van der Waals surface area (Å²) in [4.78, 5) is -0.0624. The summed E-state index contributed by atoms with van der Waals surface area (Å²) in [7, 11) is -3.74. The lowest BCUT2D eigenvalue weighted by molar-refractivity contribution is 0.552. The van der Waals surface area contributed by atoms with E-state index in [1.165, 1.54) is 12.1 Å². The monoisotopic (exact) mass is 369 g/mol. The zero-order valence-corrected chi connectivity index (χ0v) is 13.4. The molecule has 2 aromatic carbocycles. The number of hydrogen-bond acceptors (Lipinski definition) is 2. The summed E-state index contributed by atoms with van der Waals surface area (Å²) in [6.07, 6.45) is 1.57. The second-order valence-electron chi connectivity index (χ2n) is 4.99. The Kier molecular flexibility index (Phi) is 3.86. The van der Waals surface area contributed by atoms with E-state index in [9.17, 15) is 12.8 Å². The number of benzene rings is 2. The largest absolute Gasteiger partial charge is 0.241 e. The zero-order valence-electron chi connectivity index (χ0n) is 11.0. The molecule has 110 valence electrons. The Morgan fingerprint density at radius 2 is 1.95 bits per heavy atom. The van der Waals surface area contributed by atoms with E-state index in [1.807, 2.05) is 24.3 Å². The first kappa shape index (κ1) is 14.7. The zero-order chi connectivity index (χ0) is 15.0. The molecule has 1 unspecified atom stereocenters. The van der Waals surface area contributed by atoms with Crippen molar-refractivity contribution in [2.45, 2.75) is 23.8 Å². The van der Waals surface area contributed by atoms with Crippen LogP contribution in [-0.4, -0.2) is 8.42 Å². The second-order valence-corrected chi connectivity index (χ2v) is 7.56. The van der Waals surface area contributed by atoms with Gasteiger partial charge in [-0.2, -0.15) is 0 Å². The number of hydrogen-bond donors (Lipinski definition) is 1. The Morgan fingerprint density at radius 3 is 2.71 bits per heavy atom. The Labute approximate surface area is 131 Å². The van der Waals surface area contributed by atoms with Crippen LogP contribution in [0.25, 0.3) is 0 Å². The molecule has 6 heteroatoms. The molecule has 0 amide bonds. The first-order valence-corrected chi connectivity index (χ1v) is 8.80. The molecule has 0 spiro atoms. The fourth-order valence-corrected chi connectivity index (χ4v) is 4.09. The van der Waals surface area contributed by atoms with Gasteiger partial charge in [-0.15, -0.1) is 0 Å². The van der Waals surface area contributed by atoms with E-state index in [0.717, 1.165) is 30.0 Å². The molecule has 0 radical (unpaired) electrons. The minimum Gasteiger partial charge on any atom is -0.207 e. The standard InChI is InChI=1S/C15H13BrFNO2S/c16-13-7-6-11(9-14(13)17)21(19,20)18-15-8-5-10-3-1-2-4-12(10)15/h1-4,6-7,9,15,18H,5,8H2. The van der Waals surface area contributed by atoms with E-state index in [1.54, 1.807) is 0 Å². The van der Waals surface area contributed by atoms with E-state index in [2.05, 4.69) is 20.7 Å². The van der Waals surface area contributed by atoms with Crippen LogP contribution < -0.4 is 4.72 Å². The summed E-state index contributed by atoms with van der Waals surface area (Å²) in [6, 6.07) is 11.3. The van der Waals surface area contributed by atoms with Gasteiger partial charge >= 0.3 is 0 Å². The summed E-state index contributed by atoms with van der Waals surface area (Å²) in [5.41, 5.74) is 2.16. The molecule has 0 bridgehead atoms. The van der Waals surface area contributed by atoms with Crippen LogP contribution in [0.3, 0.4) is 0 Å². The highest BCUT2D eigenvalue weighted by Gasteiger charge is 2.27. The molecule has 1 atom stereocenters. The molecule has 3 nitrogen and oxygen atoms in total. The van der Waals surface area contributed by atoms with Gasteiger partial charge in [0, 0.05) is 6.04 Å². The molecule has 0 heterocycles. The van der Waals surface area contributed by atoms with Crippen LogP contribution >= 0.6 is 15.9 Å². The number of rotatable bonds is 3. The third-order valence-corrected chi connectivity index (χ3v) is 5.74. The predicted octanol–water partition coefficient (Wildman–Crippen LogP) is 3.55. The molecule has 0 saturated carbocycles. The van der Waals surface area contributed by atoms with Gasteiger partial charge in [0.15, 0.2) is 0 Å². The Balaban J connectivity index is 1.89. The molecular weight excluding hydrogens is 357 g/mol. The first-order chi connectivity index (χ1) is 9.97. The van der Waals surface area contributed by atoms with Crippen molar-refractivity contribution in [3.8, 4) is 0 Å². The quantitative estimate of drug-likeness (QED) is 0.898. The van der Waals surface area contributed by atoms with E-state index in [0.29, 0.717) is 0 Å². The van der Waals surface area contributed by atoms with Crippen LogP contribution in [0.2, 0.25) is 0 Å². The van der Waals surface area contributed by atoms with Gasteiger partial charge in [-0.3, -0.25) is 0 Å². The maximum atomic E-state index is 13.5. The summed E-state index contributed by atoms with van der Waals surface area (Å²) >= 11 is 3.02. The summed E-state index contributed by atoms with van der Waals surface area (Å²) in [5.74, 6) is -0.593. The molecule has 3 rings (SSSR count). The van der Waals surface area contributed by atoms with Gasteiger partial charge in [-0.1, -0.05) is 24.3 Å². The Bertz CT molecular complexity index is 792. The van der Waals surface area contributed by atoms with Crippen molar-refractivity contribution in [1.29, 1.82) is 0 Å². The van der Waals surface area contributed by atoms with Crippen molar-refractivity contribution in [3.05, 3.63) is 63.9 Å². The van der Waals surface area contributed by atoms with Crippen molar-refractivity contribution < 1.29 is 12.8 Å². The van der Waals surface area contributed by atoms with E-state index >= 15 is 0 Å². The SMILES string of the molecule is O=S(=O)(NC1CCc2ccccc21)c1ccc(Br)c(F)c1. The number of aryl methyl sites for hydroxylation is 1. The molecule has 2 aromatic rings. The summed E-state index contributed by atoms with van der Waals surface area (Å²) < 4.78 is 41.2. The van der Waals surface area contributed by atoms with Gasteiger partial charge in [0.1, 0.15) is 5.82 Å². The lowest BCUT2D eigenvalue weighted by Crippen LogP contribution is -2.27. The van der Waals surface area contributed by atoms with Crippen LogP contribution in [-0.2, 0) is 16.4 Å². The molecule has 21 heavy (non-hydrogen) atoms. The van der Waals surface area contributed by atoms with Crippen molar-refractivity contribution in [2.75, 3.05) is 0 Å². The number of sulfonamides is 1. The molecule has 1 N–H and O–H groups in total. The van der Waals surface area contributed by atoms with Crippen LogP contribution in [0.5, 0.6) is 0 Å². The number of nitrogens with one attached hydrogen (secondary N) is 1. The molecule has 0 fully saturated rings. The third-order valence-electron chi connectivity index (χ3n) is 3.63. The van der Waals surface area contributed by atoms with Crippen molar-refractivity contribution >= 4 is 26.0 Å². The fourth-order valence-electron chi connectivity index (χ4n) is 2.58. The van der Waals surface area contributed by atoms with Gasteiger partial charge in [0.05, 0.1) is 9.37 Å². The smallest absolute Gasteiger partial charge is 0.207 e. The highest BCUT2D eigenvalue weighted by Crippen LogP contribution is 2.32. The Morgan fingerprint density at radius 1 is 1.19 bits per heavy atom. The van der Waals surface area contributed by atoms with Crippen molar-refractivity contribution in [3.63, 3.8) is 0 Å². The summed E-state index contributed by atoms with van der Waals surface area (Å²) in [5, 5.41) is 0. The highest BCUT2D eigenvalue weighted by atomic mass is 79.9. The summed E-state index contributed by atoms with van der Waals surface area (Å²) in [6.45, 7) is 0. The fraction of sp³-hybridized carbons (Fsp3) is 0.200. The highest BCUT2D eigenvalue weighted by molar-refractivity contribution is 9.10. The molecular formula is C15H13BrFNO2S. The van der Waals surface area contributed by atoms with Crippen LogP contribution in [0.1, 0.15) is 23.6 Å². The van der Waals surface area contributed by atoms with Gasteiger partial charge < -0.3 is 0 Å². The molecule has 1 aliphatic carbocycles. The average molecular weight is 370 g/mol. The van der Waals surface area contributed by atoms with Crippen molar-refractivity contribution in [2.24, 2.45) is 0 Å². The normalized spacial score (nSPS) is 17.7. The number of fused-ring (bicyclic) bond motifs is 1. The maximum Gasteiger partial charge on any atom is 0.241 e. The predicted molar refractivity (Wildman–Crippen MR) is 81.9 cm³/mol. The van der Waals surface area contributed by atoms with Crippen LogP contribution in [0.4, 0.5) is 4.39 Å². The molecule has 1 aliphatic rings. The van der Waals surface area contributed by atoms with Crippen molar-refractivity contribution in [1.82, 2.24) is 4.72 Å². The molecule has 0 aliphatic heterocycles. The lowest BCUT2D eigenvalue weighted by atomic mass is 10.1. The second kappa shape index (κ2) is 5.51. The van der Waals surface area contributed by atoms with Gasteiger partial charge in [-0.05, 0) is 58.1 Å². The minimum absolute atomic E-state index is 0.0624. The van der Waals surface area contributed by atoms with E-state index < -0.39 is 15.8 Å².